The number of carbonyl (C=O) groups is 1. The highest BCUT2D eigenvalue weighted by Gasteiger charge is 2.29. The molecule has 3 heteroatoms. The Balaban J connectivity index is 2.52. The Morgan fingerprint density at radius 1 is 1.62 bits per heavy atom. The standard InChI is InChI=1S/C10H19NO2/c1-8(2)10(12)11-6-4-5-9(11)7-13-3/h8-9H,4-7H2,1-3H3. The second-order valence-electron chi connectivity index (χ2n) is 3.94. The minimum Gasteiger partial charge on any atom is -0.383 e. The summed E-state index contributed by atoms with van der Waals surface area (Å²) in [4.78, 5) is 13.7. The first-order valence-electron chi connectivity index (χ1n) is 4.96. The number of amides is 1. The molecule has 1 aliphatic rings. The van der Waals surface area contributed by atoms with Crippen LogP contribution in [0, 0.1) is 5.92 Å². The lowest BCUT2D eigenvalue weighted by Crippen LogP contribution is -2.40. The summed E-state index contributed by atoms with van der Waals surface area (Å²) in [6.07, 6.45) is 2.21. The number of hydrogen-bond acceptors (Lipinski definition) is 2. The molecule has 0 radical (unpaired) electrons. The van der Waals surface area contributed by atoms with Crippen molar-refractivity contribution in [1.29, 1.82) is 0 Å². The van der Waals surface area contributed by atoms with Gasteiger partial charge < -0.3 is 9.64 Å². The normalized spacial score (nSPS) is 22.8. The number of rotatable bonds is 3. The second kappa shape index (κ2) is 4.61. The van der Waals surface area contributed by atoms with E-state index in [-0.39, 0.29) is 11.8 Å². The van der Waals surface area contributed by atoms with E-state index in [0.29, 0.717) is 12.6 Å². The molecule has 0 spiro atoms. The summed E-state index contributed by atoms with van der Waals surface area (Å²) in [6.45, 7) is 5.48. The molecule has 0 aliphatic carbocycles. The predicted octanol–water partition coefficient (Wildman–Crippen LogP) is 1.28. The summed E-state index contributed by atoms with van der Waals surface area (Å²) >= 11 is 0. The van der Waals surface area contributed by atoms with E-state index in [4.69, 9.17) is 4.74 Å². The molecule has 0 bridgehead atoms. The van der Waals surface area contributed by atoms with Crippen molar-refractivity contribution in [1.82, 2.24) is 4.90 Å². The smallest absolute Gasteiger partial charge is 0.225 e. The molecule has 1 fully saturated rings. The fraction of sp³-hybridized carbons (Fsp3) is 0.900. The highest BCUT2D eigenvalue weighted by Crippen LogP contribution is 2.19. The molecule has 1 aliphatic heterocycles. The lowest BCUT2D eigenvalue weighted by Gasteiger charge is -2.25. The molecule has 0 aromatic heterocycles. The van der Waals surface area contributed by atoms with Crippen LogP contribution in [-0.2, 0) is 9.53 Å². The van der Waals surface area contributed by atoms with Gasteiger partial charge in [-0.05, 0) is 12.8 Å². The van der Waals surface area contributed by atoms with E-state index in [9.17, 15) is 4.79 Å². The molecule has 0 N–H and O–H groups in total. The number of carbonyl (C=O) groups excluding carboxylic acids is 1. The number of nitrogens with zero attached hydrogens (tertiary/aromatic N) is 1. The Bertz CT molecular complexity index is 180. The van der Waals surface area contributed by atoms with Gasteiger partial charge in [0.1, 0.15) is 0 Å². The topological polar surface area (TPSA) is 29.5 Å². The fourth-order valence-electron chi connectivity index (χ4n) is 1.82. The van der Waals surface area contributed by atoms with Gasteiger partial charge in [-0.2, -0.15) is 0 Å². The van der Waals surface area contributed by atoms with Gasteiger partial charge in [0.25, 0.3) is 0 Å². The Morgan fingerprint density at radius 2 is 2.31 bits per heavy atom. The average molecular weight is 185 g/mol. The van der Waals surface area contributed by atoms with Crippen molar-refractivity contribution in [3.63, 3.8) is 0 Å². The maximum absolute atomic E-state index is 11.7. The van der Waals surface area contributed by atoms with E-state index in [1.807, 2.05) is 18.7 Å². The molecular formula is C10H19NO2. The van der Waals surface area contributed by atoms with Crippen LogP contribution >= 0.6 is 0 Å². The molecule has 1 heterocycles. The van der Waals surface area contributed by atoms with Crippen LogP contribution in [0.25, 0.3) is 0 Å². The van der Waals surface area contributed by atoms with Crippen LogP contribution in [0.15, 0.2) is 0 Å². The maximum atomic E-state index is 11.7. The van der Waals surface area contributed by atoms with Gasteiger partial charge in [-0.3, -0.25) is 4.79 Å². The number of methoxy groups -OCH3 is 1. The van der Waals surface area contributed by atoms with Gasteiger partial charge in [0.2, 0.25) is 5.91 Å². The predicted molar refractivity (Wildman–Crippen MR) is 51.4 cm³/mol. The number of ether oxygens (including phenoxy) is 1. The van der Waals surface area contributed by atoms with Crippen molar-refractivity contribution in [3.05, 3.63) is 0 Å². The molecule has 0 saturated carbocycles. The van der Waals surface area contributed by atoms with Crippen LogP contribution in [0.2, 0.25) is 0 Å². The Morgan fingerprint density at radius 3 is 2.85 bits per heavy atom. The van der Waals surface area contributed by atoms with Gasteiger partial charge in [-0.25, -0.2) is 0 Å². The van der Waals surface area contributed by atoms with Crippen molar-refractivity contribution in [2.45, 2.75) is 32.7 Å². The van der Waals surface area contributed by atoms with E-state index in [1.54, 1.807) is 7.11 Å². The zero-order valence-electron chi connectivity index (χ0n) is 8.75. The molecule has 0 aromatic carbocycles. The van der Waals surface area contributed by atoms with Gasteiger partial charge in [-0.1, -0.05) is 13.8 Å². The monoisotopic (exact) mass is 185 g/mol. The van der Waals surface area contributed by atoms with E-state index >= 15 is 0 Å². The average Bonchev–Trinajstić information content (AvgIpc) is 2.52. The maximum Gasteiger partial charge on any atom is 0.225 e. The zero-order chi connectivity index (χ0) is 9.84. The lowest BCUT2D eigenvalue weighted by molar-refractivity contribution is -0.136. The van der Waals surface area contributed by atoms with Gasteiger partial charge in [0.15, 0.2) is 0 Å². The van der Waals surface area contributed by atoms with Crippen LogP contribution in [-0.4, -0.2) is 37.1 Å². The summed E-state index contributed by atoms with van der Waals surface area (Å²) in [5.41, 5.74) is 0. The summed E-state index contributed by atoms with van der Waals surface area (Å²) < 4.78 is 5.09. The Labute approximate surface area is 80.1 Å². The molecule has 1 rings (SSSR count). The third-order valence-electron chi connectivity index (χ3n) is 2.51. The Kier molecular flexibility index (Phi) is 3.72. The molecule has 1 amide bonds. The van der Waals surface area contributed by atoms with Crippen molar-refractivity contribution in [2.75, 3.05) is 20.3 Å². The van der Waals surface area contributed by atoms with Crippen molar-refractivity contribution in [2.24, 2.45) is 5.92 Å². The van der Waals surface area contributed by atoms with Crippen LogP contribution in [0.3, 0.4) is 0 Å². The Hall–Kier alpha value is -0.570. The zero-order valence-corrected chi connectivity index (χ0v) is 8.75. The lowest BCUT2D eigenvalue weighted by atomic mass is 10.1. The number of likely N-dealkylation sites (tertiary alicyclic amines) is 1. The van der Waals surface area contributed by atoms with Crippen LogP contribution in [0.4, 0.5) is 0 Å². The van der Waals surface area contributed by atoms with Gasteiger partial charge >= 0.3 is 0 Å². The molecular weight excluding hydrogens is 166 g/mol. The van der Waals surface area contributed by atoms with Gasteiger partial charge in [0, 0.05) is 19.6 Å². The largest absolute Gasteiger partial charge is 0.383 e. The van der Waals surface area contributed by atoms with E-state index in [1.165, 1.54) is 0 Å². The van der Waals surface area contributed by atoms with E-state index in [2.05, 4.69) is 0 Å². The molecule has 76 valence electrons. The quantitative estimate of drug-likeness (QED) is 0.663. The van der Waals surface area contributed by atoms with E-state index in [0.717, 1.165) is 19.4 Å². The highest BCUT2D eigenvalue weighted by molar-refractivity contribution is 5.78. The summed E-state index contributed by atoms with van der Waals surface area (Å²) in [5.74, 6) is 0.372. The second-order valence-corrected chi connectivity index (χ2v) is 3.94. The van der Waals surface area contributed by atoms with E-state index < -0.39 is 0 Å². The summed E-state index contributed by atoms with van der Waals surface area (Å²) in [7, 11) is 1.69. The number of hydrogen-bond donors (Lipinski definition) is 0. The fourth-order valence-corrected chi connectivity index (χ4v) is 1.82. The van der Waals surface area contributed by atoms with Gasteiger partial charge in [-0.15, -0.1) is 0 Å². The summed E-state index contributed by atoms with van der Waals surface area (Å²) in [5, 5.41) is 0. The first kappa shape index (κ1) is 10.5. The first-order chi connectivity index (χ1) is 6.16. The van der Waals surface area contributed by atoms with Crippen LogP contribution < -0.4 is 0 Å². The van der Waals surface area contributed by atoms with Crippen molar-refractivity contribution >= 4 is 5.91 Å². The van der Waals surface area contributed by atoms with Crippen molar-refractivity contribution in [3.8, 4) is 0 Å². The molecule has 1 saturated heterocycles. The molecule has 1 unspecified atom stereocenters. The van der Waals surface area contributed by atoms with Crippen LogP contribution in [0.5, 0.6) is 0 Å². The molecule has 3 nitrogen and oxygen atoms in total. The van der Waals surface area contributed by atoms with Crippen LogP contribution in [0.1, 0.15) is 26.7 Å². The first-order valence-corrected chi connectivity index (χ1v) is 4.96. The minimum atomic E-state index is 0.109. The van der Waals surface area contributed by atoms with Crippen molar-refractivity contribution < 1.29 is 9.53 Å². The van der Waals surface area contributed by atoms with Gasteiger partial charge in [0.05, 0.1) is 12.6 Å². The summed E-state index contributed by atoms with van der Waals surface area (Å²) in [6, 6.07) is 0.319. The molecule has 1 atom stereocenters. The highest BCUT2D eigenvalue weighted by atomic mass is 16.5. The SMILES string of the molecule is COCC1CCCN1C(=O)C(C)C. The molecule has 13 heavy (non-hydrogen) atoms. The molecule has 0 aromatic rings. The third-order valence-corrected chi connectivity index (χ3v) is 2.51. The minimum absolute atomic E-state index is 0.109. The third kappa shape index (κ3) is 2.44.